The molecule has 4 heteroatoms. The molecule has 1 aliphatic carbocycles. The Morgan fingerprint density at radius 1 is 0.500 bits per heavy atom. The molecule has 1 aliphatic rings. The van der Waals surface area contributed by atoms with E-state index in [1.165, 1.54) is 43.8 Å². The Morgan fingerprint density at radius 3 is 1.84 bits per heavy atom. The van der Waals surface area contributed by atoms with E-state index in [0.717, 1.165) is 22.2 Å². The van der Waals surface area contributed by atoms with Crippen LogP contribution in [0.3, 0.4) is 0 Å². The van der Waals surface area contributed by atoms with Crippen molar-refractivity contribution in [2.45, 2.75) is 19.3 Å². The van der Waals surface area contributed by atoms with Crippen LogP contribution in [0, 0.1) is 0 Å². The van der Waals surface area contributed by atoms with Crippen molar-refractivity contribution in [2.75, 3.05) is 0 Å². The summed E-state index contributed by atoms with van der Waals surface area (Å²) in [7, 11) is 0. The standard InChI is InChI=1S/C40H28N4/c1-40(2)31-21-12-18-25-17-11-20-28(34(25)31)29-23-24-33-35(36(29)40)30-19-9-10-22-32(30)44(33)39-42-37(26-13-5-3-6-14-26)41-38(43-39)27-15-7-4-8-16-27/h3-24H,1-2H3. The van der Waals surface area contributed by atoms with Crippen molar-refractivity contribution < 1.29 is 0 Å². The molecule has 0 bridgehead atoms. The Morgan fingerprint density at radius 2 is 1.14 bits per heavy atom. The van der Waals surface area contributed by atoms with Crippen molar-refractivity contribution in [2.24, 2.45) is 0 Å². The van der Waals surface area contributed by atoms with E-state index in [1.54, 1.807) is 0 Å². The number of aromatic nitrogens is 4. The van der Waals surface area contributed by atoms with Gasteiger partial charge >= 0.3 is 0 Å². The maximum atomic E-state index is 5.13. The van der Waals surface area contributed by atoms with Gasteiger partial charge in [0.2, 0.25) is 5.95 Å². The van der Waals surface area contributed by atoms with E-state index in [-0.39, 0.29) is 5.41 Å². The van der Waals surface area contributed by atoms with E-state index < -0.39 is 0 Å². The molecule has 0 spiro atoms. The molecule has 2 heterocycles. The molecule has 2 aromatic heterocycles. The lowest BCUT2D eigenvalue weighted by Crippen LogP contribution is -2.24. The highest BCUT2D eigenvalue weighted by molar-refractivity contribution is 6.16. The molecule has 0 N–H and O–H groups in total. The summed E-state index contributed by atoms with van der Waals surface area (Å²) in [6.07, 6.45) is 0. The molecule has 0 unspecified atom stereocenters. The topological polar surface area (TPSA) is 43.6 Å². The third-order valence-corrected chi connectivity index (χ3v) is 9.22. The Kier molecular flexibility index (Phi) is 5.21. The molecule has 0 saturated carbocycles. The van der Waals surface area contributed by atoms with Crippen molar-refractivity contribution in [3.8, 4) is 39.9 Å². The van der Waals surface area contributed by atoms with Crippen LogP contribution in [0.1, 0.15) is 25.0 Å². The molecule has 4 nitrogen and oxygen atoms in total. The normalized spacial score (nSPS) is 13.4. The Balaban J connectivity index is 1.40. The van der Waals surface area contributed by atoms with Gasteiger partial charge in [0.1, 0.15) is 0 Å². The lowest BCUT2D eigenvalue weighted by Gasteiger charge is -2.36. The molecular weight excluding hydrogens is 536 g/mol. The molecule has 0 aliphatic heterocycles. The average Bonchev–Trinajstić information content (AvgIpc) is 3.42. The number of hydrogen-bond donors (Lipinski definition) is 0. The van der Waals surface area contributed by atoms with E-state index >= 15 is 0 Å². The van der Waals surface area contributed by atoms with Gasteiger partial charge in [0.25, 0.3) is 0 Å². The largest absolute Gasteiger partial charge is 0.278 e. The fourth-order valence-corrected chi connectivity index (χ4v) is 7.27. The van der Waals surface area contributed by atoms with Crippen LogP contribution in [-0.4, -0.2) is 19.5 Å². The minimum absolute atomic E-state index is 0.221. The maximum Gasteiger partial charge on any atom is 0.238 e. The predicted molar refractivity (Wildman–Crippen MR) is 180 cm³/mol. The minimum Gasteiger partial charge on any atom is -0.278 e. The fourth-order valence-electron chi connectivity index (χ4n) is 7.27. The van der Waals surface area contributed by atoms with E-state index in [4.69, 9.17) is 15.0 Å². The van der Waals surface area contributed by atoms with Crippen molar-refractivity contribution in [1.29, 1.82) is 0 Å². The van der Waals surface area contributed by atoms with Crippen LogP contribution in [0.2, 0.25) is 0 Å². The number of benzene rings is 6. The molecule has 6 aromatic carbocycles. The van der Waals surface area contributed by atoms with Gasteiger partial charge in [-0.3, -0.25) is 4.57 Å². The first kappa shape index (κ1) is 24.9. The number of para-hydroxylation sites is 1. The summed E-state index contributed by atoms with van der Waals surface area (Å²) in [5.41, 5.74) is 9.15. The van der Waals surface area contributed by atoms with Crippen LogP contribution in [0.15, 0.2) is 133 Å². The number of fused-ring (bicyclic) bond motifs is 6. The second kappa shape index (κ2) is 9.19. The summed E-state index contributed by atoms with van der Waals surface area (Å²) >= 11 is 0. The van der Waals surface area contributed by atoms with Gasteiger partial charge in [0, 0.05) is 27.3 Å². The van der Waals surface area contributed by atoms with Gasteiger partial charge in [-0.2, -0.15) is 9.97 Å². The number of nitrogens with zero attached hydrogens (tertiary/aromatic N) is 4. The van der Waals surface area contributed by atoms with E-state index in [9.17, 15) is 0 Å². The van der Waals surface area contributed by atoms with Crippen LogP contribution < -0.4 is 0 Å². The number of rotatable bonds is 3. The zero-order valence-electron chi connectivity index (χ0n) is 24.5. The highest BCUT2D eigenvalue weighted by Crippen LogP contribution is 2.52. The van der Waals surface area contributed by atoms with Crippen molar-refractivity contribution >= 4 is 32.6 Å². The third-order valence-electron chi connectivity index (χ3n) is 9.22. The third kappa shape index (κ3) is 3.48. The SMILES string of the molecule is CC1(C)c2cccc3cccc(c23)-c2ccc3c(c21)c1ccccc1n3-c1nc(-c2ccccc2)nc(-c2ccccc2)n1. The first-order valence-electron chi connectivity index (χ1n) is 15.1. The van der Waals surface area contributed by atoms with Gasteiger partial charge in [0.05, 0.1) is 11.0 Å². The number of hydrogen-bond acceptors (Lipinski definition) is 3. The molecule has 0 atom stereocenters. The summed E-state index contributed by atoms with van der Waals surface area (Å²) < 4.78 is 2.22. The summed E-state index contributed by atoms with van der Waals surface area (Å²) in [4.78, 5) is 15.2. The molecule has 0 radical (unpaired) electrons. The molecular formula is C40H28N4. The first-order valence-corrected chi connectivity index (χ1v) is 15.1. The molecule has 0 saturated heterocycles. The van der Waals surface area contributed by atoms with Crippen LogP contribution >= 0.6 is 0 Å². The smallest absolute Gasteiger partial charge is 0.238 e. The Hall–Kier alpha value is -5.61. The van der Waals surface area contributed by atoms with Crippen molar-refractivity contribution in [1.82, 2.24) is 19.5 Å². The van der Waals surface area contributed by atoms with Crippen LogP contribution in [0.4, 0.5) is 0 Å². The summed E-state index contributed by atoms with van der Waals surface area (Å²) in [5.74, 6) is 1.92. The summed E-state index contributed by atoms with van der Waals surface area (Å²) in [5, 5.41) is 5.08. The van der Waals surface area contributed by atoms with Gasteiger partial charge in [-0.05, 0) is 45.2 Å². The van der Waals surface area contributed by atoms with Gasteiger partial charge in [-0.25, -0.2) is 4.98 Å². The van der Waals surface area contributed by atoms with Crippen LogP contribution in [0.5, 0.6) is 0 Å². The van der Waals surface area contributed by atoms with Crippen LogP contribution in [0.25, 0.3) is 72.4 Å². The van der Waals surface area contributed by atoms with E-state index in [2.05, 4.69) is 115 Å². The second-order valence-corrected chi connectivity index (χ2v) is 12.1. The Labute approximate surface area is 255 Å². The lowest BCUT2D eigenvalue weighted by molar-refractivity contribution is 0.652. The fraction of sp³-hybridized carbons (Fsp3) is 0.0750. The summed E-state index contributed by atoms with van der Waals surface area (Å²) in [6, 6.07) is 46.9. The van der Waals surface area contributed by atoms with Gasteiger partial charge < -0.3 is 0 Å². The van der Waals surface area contributed by atoms with Crippen molar-refractivity contribution in [3.05, 3.63) is 145 Å². The molecule has 44 heavy (non-hydrogen) atoms. The van der Waals surface area contributed by atoms with Gasteiger partial charge in [0.15, 0.2) is 11.6 Å². The predicted octanol–water partition coefficient (Wildman–Crippen LogP) is 9.76. The van der Waals surface area contributed by atoms with Crippen LogP contribution in [-0.2, 0) is 5.41 Å². The van der Waals surface area contributed by atoms with E-state index in [1.807, 2.05) is 36.4 Å². The van der Waals surface area contributed by atoms with Gasteiger partial charge in [-0.15, -0.1) is 0 Å². The van der Waals surface area contributed by atoms with Gasteiger partial charge in [-0.1, -0.05) is 135 Å². The average molecular weight is 565 g/mol. The molecule has 0 fully saturated rings. The van der Waals surface area contributed by atoms with Crippen molar-refractivity contribution in [3.63, 3.8) is 0 Å². The highest BCUT2D eigenvalue weighted by atomic mass is 15.2. The molecule has 208 valence electrons. The summed E-state index contributed by atoms with van der Waals surface area (Å²) in [6.45, 7) is 4.73. The molecule has 0 amide bonds. The maximum absolute atomic E-state index is 5.13. The molecule has 9 rings (SSSR count). The monoisotopic (exact) mass is 564 g/mol. The first-order chi connectivity index (χ1) is 21.6. The zero-order valence-corrected chi connectivity index (χ0v) is 24.5. The van der Waals surface area contributed by atoms with E-state index in [0.29, 0.717) is 17.6 Å². The minimum atomic E-state index is -0.221. The Bertz CT molecular complexity index is 2340. The lowest BCUT2D eigenvalue weighted by atomic mass is 9.67. The second-order valence-electron chi connectivity index (χ2n) is 12.1. The highest BCUT2D eigenvalue weighted by Gasteiger charge is 2.36. The quantitative estimate of drug-likeness (QED) is 0.215. The molecule has 8 aromatic rings. The zero-order chi connectivity index (χ0) is 29.4.